The van der Waals surface area contributed by atoms with Crippen LogP contribution >= 0.6 is 11.6 Å². The number of amides is 1. The van der Waals surface area contributed by atoms with Crippen LogP contribution in [0, 0.1) is 11.7 Å². The number of rotatable bonds is 9. The molecule has 0 aliphatic rings. The zero-order chi connectivity index (χ0) is 24.0. The second kappa shape index (κ2) is 11.0. The van der Waals surface area contributed by atoms with E-state index >= 15 is 0 Å². The van der Waals surface area contributed by atoms with Crippen molar-refractivity contribution in [3.05, 3.63) is 47.0 Å². The molecule has 0 saturated carbocycles. The number of esters is 1. The monoisotopic (exact) mass is 468 g/mol. The van der Waals surface area contributed by atoms with Crippen molar-refractivity contribution in [2.75, 3.05) is 7.11 Å². The van der Waals surface area contributed by atoms with Crippen LogP contribution in [0.15, 0.2) is 30.5 Å². The molecule has 2 rings (SSSR count). The van der Waals surface area contributed by atoms with Crippen LogP contribution in [-0.2, 0) is 9.53 Å². The normalized spacial score (nSPS) is 13.8. The highest BCUT2D eigenvalue weighted by molar-refractivity contribution is 6.30. The minimum absolute atomic E-state index is 0.0728. The Hall–Kier alpha value is -3.07. The lowest BCUT2D eigenvalue weighted by Crippen LogP contribution is -2.45. The largest absolute Gasteiger partial charge is 0.503 e. The van der Waals surface area contributed by atoms with Gasteiger partial charge in [-0.05, 0) is 31.9 Å². The summed E-state index contributed by atoms with van der Waals surface area (Å²) in [5.74, 6) is -2.36. The fourth-order valence-electron chi connectivity index (χ4n) is 2.98. The van der Waals surface area contributed by atoms with E-state index in [4.69, 9.17) is 25.8 Å². The van der Waals surface area contributed by atoms with Gasteiger partial charge in [0.25, 0.3) is 5.91 Å². The van der Waals surface area contributed by atoms with Crippen LogP contribution < -0.4 is 14.8 Å². The Morgan fingerprint density at radius 3 is 2.47 bits per heavy atom. The van der Waals surface area contributed by atoms with Gasteiger partial charge in [0.15, 0.2) is 17.2 Å². The van der Waals surface area contributed by atoms with Crippen molar-refractivity contribution >= 4 is 23.5 Å². The minimum atomic E-state index is -1.05. The van der Waals surface area contributed by atoms with E-state index in [1.807, 2.05) is 13.8 Å². The molecule has 8 nitrogen and oxygen atoms in total. The molecule has 0 spiro atoms. The second-order valence-corrected chi connectivity index (χ2v) is 7.92. The summed E-state index contributed by atoms with van der Waals surface area (Å²) in [6.07, 6.45) is -0.0424. The minimum Gasteiger partial charge on any atom is -0.503 e. The van der Waals surface area contributed by atoms with Crippen LogP contribution in [0.4, 0.5) is 4.39 Å². The van der Waals surface area contributed by atoms with Gasteiger partial charge in [-0.15, -0.1) is 0 Å². The van der Waals surface area contributed by atoms with Gasteiger partial charge in [0.1, 0.15) is 29.8 Å². The molecule has 2 aromatic rings. The number of pyridine rings is 1. The molecule has 0 aliphatic carbocycles. The molecule has 1 aromatic heterocycles. The highest BCUT2D eigenvalue weighted by Gasteiger charge is 2.30. The fourth-order valence-corrected chi connectivity index (χ4v) is 3.19. The van der Waals surface area contributed by atoms with Crippen molar-refractivity contribution in [2.24, 2.45) is 5.92 Å². The molecule has 0 aliphatic heterocycles. The van der Waals surface area contributed by atoms with E-state index in [1.165, 1.54) is 38.4 Å². The molecule has 1 aromatic carbocycles. The molecule has 2 N–H and O–H groups in total. The van der Waals surface area contributed by atoms with Gasteiger partial charge in [-0.25, -0.2) is 14.2 Å². The number of hydrogen-bond donors (Lipinski definition) is 2. The molecule has 0 fully saturated rings. The van der Waals surface area contributed by atoms with E-state index in [0.29, 0.717) is 0 Å². The van der Waals surface area contributed by atoms with Crippen LogP contribution in [-0.4, -0.2) is 47.3 Å². The third-order valence-electron chi connectivity index (χ3n) is 4.55. The van der Waals surface area contributed by atoms with Crippen molar-refractivity contribution in [3.8, 4) is 17.2 Å². The number of benzene rings is 1. The first-order chi connectivity index (χ1) is 15.0. The SMILES string of the molecule is COc1ccnc(C(=O)N[C@@H](C)C(=O)OC(C(C)C)[C@H](C)Oc2cc(F)cc(Cl)c2)c1O. The average molecular weight is 469 g/mol. The smallest absolute Gasteiger partial charge is 0.328 e. The number of halogens is 2. The molecule has 174 valence electrons. The van der Waals surface area contributed by atoms with Crippen LogP contribution in [0.3, 0.4) is 0 Å². The van der Waals surface area contributed by atoms with Gasteiger partial charge >= 0.3 is 5.97 Å². The number of nitrogens with zero attached hydrogens (tertiary/aromatic N) is 1. The summed E-state index contributed by atoms with van der Waals surface area (Å²) < 4.78 is 29.8. The van der Waals surface area contributed by atoms with Crippen molar-refractivity contribution in [2.45, 2.75) is 45.9 Å². The molecular weight excluding hydrogens is 443 g/mol. The molecule has 1 heterocycles. The number of nitrogens with one attached hydrogen (secondary N) is 1. The lowest BCUT2D eigenvalue weighted by molar-refractivity contribution is -0.158. The molecule has 0 bridgehead atoms. The average Bonchev–Trinajstić information content (AvgIpc) is 2.70. The maximum absolute atomic E-state index is 13.6. The van der Waals surface area contributed by atoms with Crippen molar-refractivity contribution in [1.29, 1.82) is 0 Å². The lowest BCUT2D eigenvalue weighted by atomic mass is 10.0. The molecule has 10 heteroatoms. The summed E-state index contributed by atoms with van der Waals surface area (Å²) in [5, 5.41) is 12.7. The van der Waals surface area contributed by atoms with Gasteiger partial charge < -0.3 is 24.6 Å². The molecule has 32 heavy (non-hydrogen) atoms. The summed E-state index contributed by atoms with van der Waals surface area (Å²) in [6.45, 7) is 6.78. The van der Waals surface area contributed by atoms with Crippen LogP contribution in [0.25, 0.3) is 0 Å². The van der Waals surface area contributed by atoms with E-state index in [0.717, 1.165) is 6.07 Å². The number of hydrogen-bond acceptors (Lipinski definition) is 7. The number of aromatic hydroxyl groups is 1. The first kappa shape index (κ1) is 25.2. The molecule has 3 atom stereocenters. The molecule has 0 radical (unpaired) electrons. The Bertz CT molecular complexity index is 951. The molecule has 1 unspecified atom stereocenters. The van der Waals surface area contributed by atoms with E-state index in [-0.39, 0.29) is 28.1 Å². The third-order valence-corrected chi connectivity index (χ3v) is 4.77. The number of methoxy groups -OCH3 is 1. The number of aromatic nitrogens is 1. The van der Waals surface area contributed by atoms with Gasteiger partial charge in [-0.3, -0.25) is 4.79 Å². The van der Waals surface area contributed by atoms with E-state index in [1.54, 1.807) is 6.92 Å². The van der Waals surface area contributed by atoms with Crippen LogP contribution in [0.2, 0.25) is 5.02 Å². The first-order valence-corrected chi connectivity index (χ1v) is 10.3. The first-order valence-electron chi connectivity index (χ1n) is 9.89. The Morgan fingerprint density at radius 1 is 1.19 bits per heavy atom. The van der Waals surface area contributed by atoms with Gasteiger partial charge in [0.05, 0.1) is 7.11 Å². The zero-order valence-electron chi connectivity index (χ0n) is 18.4. The summed E-state index contributed by atoms with van der Waals surface area (Å²) in [6, 6.07) is 4.13. The van der Waals surface area contributed by atoms with Gasteiger partial charge in [0.2, 0.25) is 0 Å². The van der Waals surface area contributed by atoms with E-state index in [2.05, 4.69) is 10.3 Å². The highest BCUT2D eigenvalue weighted by atomic mass is 35.5. The zero-order valence-corrected chi connectivity index (χ0v) is 19.1. The standard InChI is InChI=1S/C22H26ClFN2O6/c1-11(2)20(13(4)31-16-9-14(23)8-15(24)10-16)32-22(29)12(3)26-21(28)18-19(27)17(30-5)6-7-25-18/h6-13,20,27H,1-5H3,(H,26,28)/t12-,13-,20?/m0/s1. The topological polar surface area (TPSA) is 107 Å². The fraction of sp³-hybridized carbons (Fsp3) is 0.409. The maximum Gasteiger partial charge on any atom is 0.328 e. The quantitative estimate of drug-likeness (QED) is 0.540. The molecular formula is C22H26ClFN2O6. The number of ether oxygens (including phenoxy) is 3. The second-order valence-electron chi connectivity index (χ2n) is 7.48. The summed E-state index contributed by atoms with van der Waals surface area (Å²) in [4.78, 5) is 28.9. The summed E-state index contributed by atoms with van der Waals surface area (Å²) in [5.41, 5.74) is -0.288. The lowest BCUT2D eigenvalue weighted by Gasteiger charge is -2.29. The van der Waals surface area contributed by atoms with E-state index in [9.17, 15) is 19.1 Å². The predicted molar refractivity (Wildman–Crippen MR) is 116 cm³/mol. The Kier molecular flexibility index (Phi) is 8.65. The highest BCUT2D eigenvalue weighted by Crippen LogP contribution is 2.27. The Balaban J connectivity index is 2.06. The van der Waals surface area contributed by atoms with Gasteiger partial charge in [-0.1, -0.05) is 25.4 Å². The van der Waals surface area contributed by atoms with Crippen LogP contribution in [0.5, 0.6) is 17.2 Å². The number of carbonyl (C=O) groups is 2. The van der Waals surface area contributed by atoms with Gasteiger partial charge in [0, 0.05) is 23.4 Å². The Morgan fingerprint density at radius 2 is 1.88 bits per heavy atom. The van der Waals surface area contributed by atoms with Crippen molar-refractivity contribution in [1.82, 2.24) is 10.3 Å². The number of carbonyl (C=O) groups excluding carboxylic acids is 2. The molecule has 0 saturated heterocycles. The third kappa shape index (κ3) is 6.46. The Labute approximate surface area is 190 Å². The summed E-state index contributed by atoms with van der Waals surface area (Å²) >= 11 is 5.85. The van der Waals surface area contributed by atoms with E-state index < -0.39 is 41.7 Å². The molecule has 1 amide bonds. The van der Waals surface area contributed by atoms with Crippen molar-refractivity contribution in [3.63, 3.8) is 0 Å². The van der Waals surface area contributed by atoms with Crippen LogP contribution in [0.1, 0.15) is 38.2 Å². The summed E-state index contributed by atoms with van der Waals surface area (Å²) in [7, 11) is 1.34. The van der Waals surface area contributed by atoms with Crippen molar-refractivity contribution < 1.29 is 33.3 Å². The maximum atomic E-state index is 13.6. The van der Waals surface area contributed by atoms with Gasteiger partial charge in [-0.2, -0.15) is 0 Å². The predicted octanol–water partition coefficient (Wildman–Crippen LogP) is 3.74.